The van der Waals surface area contributed by atoms with Crippen LogP contribution in [-0.4, -0.2) is 28.3 Å². The van der Waals surface area contributed by atoms with Crippen LogP contribution in [0.2, 0.25) is 0 Å². The lowest BCUT2D eigenvalue weighted by Gasteiger charge is -2.41. The van der Waals surface area contributed by atoms with Crippen molar-refractivity contribution in [3.8, 4) is 5.69 Å². The van der Waals surface area contributed by atoms with Gasteiger partial charge in [0.2, 0.25) is 0 Å². The molecule has 5 rings (SSSR count). The first-order valence-corrected chi connectivity index (χ1v) is 8.86. The zero-order valence-corrected chi connectivity index (χ0v) is 14.5. The first-order chi connectivity index (χ1) is 12.0. The lowest BCUT2D eigenvalue weighted by atomic mass is 9.72. The van der Waals surface area contributed by atoms with E-state index in [-0.39, 0.29) is 17.3 Å². The summed E-state index contributed by atoms with van der Waals surface area (Å²) in [6.45, 7) is 4.98. The van der Waals surface area contributed by atoms with E-state index in [2.05, 4.69) is 25.0 Å². The summed E-state index contributed by atoms with van der Waals surface area (Å²) in [5, 5.41) is 4.55. The van der Waals surface area contributed by atoms with E-state index in [0.717, 1.165) is 30.6 Å². The van der Waals surface area contributed by atoms with Crippen molar-refractivity contribution in [2.45, 2.75) is 45.0 Å². The molecule has 1 aromatic heterocycles. The Morgan fingerprint density at radius 3 is 2.80 bits per heavy atom. The molecule has 1 aliphatic heterocycles. The third-order valence-electron chi connectivity index (χ3n) is 6.03. The van der Waals surface area contributed by atoms with E-state index in [1.807, 2.05) is 10.9 Å². The molecule has 25 heavy (non-hydrogen) atoms. The van der Waals surface area contributed by atoms with Crippen molar-refractivity contribution < 1.29 is 13.9 Å². The van der Waals surface area contributed by atoms with Gasteiger partial charge in [-0.3, -0.25) is 0 Å². The molecule has 0 radical (unpaired) electrons. The predicted octanol–water partition coefficient (Wildman–Crippen LogP) is 3.88. The lowest BCUT2D eigenvalue weighted by molar-refractivity contribution is -0.216. The molecule has 0 unspecified atom stereocenters. The third-order valence-corrected chi connectivity index (χ3v) is 6.03. The summed E-state index contributed by atoms with van der Waals surface area (Å²) in [5.74, 6) is -0.744. The van der Waals surface area contributed by atoms with Crippen molar-refractivity contribution in [1.29, 1.82) is 0 Å². The molecule has 130 valence electrons. The summed E-state index contributed by atoms with van der Waals surface area (Å²) in [5.41, 5.74) is 4.35. The maximum atomic E-state index is 13.2. The van der Waals surface area contributed by atoms with Gasteiger partial charge in [-0.1, -0.05) is 12.5 Å². The van der Waals surface area contributed by atoms with Crippen molar-refractivity contribution in [1.82, 2.24) is 9.78 Å². The van der Waals surface area contributed by atoms with Gasteiger partial charge in [-0.25, -0.2) is 9.07 Å². The molecule has 1 saturated carbocycles. The van der Waals surface area contributed by atoms with Gasteiger partial charge in [0.1, 0.15) is 5.82 Å². The van der Waals surface area contributed by atoms with E-state index in [1.54, 1.807) is 12.1 Å². The van der Waals surface area contributed by atoms with Gasteiger partial charge < -0.3 is 9.47 Å². The Kier molecular flexibility index (Phi) is 3.07. The highest BCUT2D eigenvalue weighted by atomic mass is 19.1. The second-order valence-electron chi connectivity index (χ2n) is 7.61. The van der Waals surface area contributed by atoms with Gasteiger partial charge in [0.05, 0.1) is 30.3 Å². The molecule has 1 saturated heterocycles. The van der Waals surface area contributed by atoms with Gasteiger partial charge >= 0.3 is 0 Å². The highest BCUT2D eigenvalue weighted by molar-refractivity contribution is 5.62. The fraction of sp³-hybridized carbons (Fsp3) is 0.450. The Morgan fingerprint density at radius 1 is 1.28 bits per heavy atom. The van der Waals surface area contributed by atoms with Gasteiger partial charge in [0, 0.05) is 11.8 Å². The SMILES string of the molecule is C[C@@H]1CO[C@@]2(CCC3=Cc4c(cnn4-c4ccc(F)cc4)C[C@@]32C)O1. The van der Waals surface area contributed by atoms with Crippen LogP contribution < -0.4 is 0 Å². The van der Waals surface area contributed by atoms with Crippen molar-refractivity contribution in [2.75, 3.05) is 6.61 Å². The Bertz CT molecular complexity index is 872. The van der Waals surface area contributed by atoms with E-state index < -0.39 is 5.79 Å². The van der Waals surface area contributed by atoms with Crippen LogP contribution in [0.5, 0.6) is 0 Å². The van der Waals surface area contributed by atoms with Gasteiger partial charge in [0.25, 0.3) is 0 Å². The van der Waals surface area contributed by atoms with Crippen LogP contribution in [0.1, 0.15) is 37.9 Å². The first kappa shape index (κ1) is 15.3. The maximum absolute atomic E-state index is 13.2. The summed E-state index contributed by atoms with van der Waals surface area (Å²) in [6, 6.07) is 6.46. The van der Waals surface area contributed by atoms with Crippen molar-refractivity contribution >= 4 is 6.08 Å². The zero-order valence-electron chi connectivity index (χ0n) is 14.5. The molecule has 2 aliphatic carbocycles. The number of nitrogens with zero attached hydrogens (tertiary/aromatic N) is 2. The third kappa shape index (κ3) is 2.02. The molecule has 1 aromatic carbocycles. The second-order valence-corrected chi connectivity index (χ2v) is 7.61. The fourth-order valence-electron chi connectivity index (χ4n) is 4.66. The average molecular weight is 340 g/mol. The zero-order chi connectivity index (χ0) is 17.2. The lowest BCUT2D eigenvalue weighted by Crippen LogP contribution is -2.46. The summed E-state index contributed by atoms with van der Waals surface area (Å²) in [6.07, 6.45) is 7.01. The Morgan fingerprint density at radius 2 is 2.08 bits per heavy atom. The molecule has 3 aliphatic rings. The van der Waals surface area contributed by atoms with Crippen molar-refractivity contribution in [3.05, 3.63) is 53.1 Å². The van der Waals surface area contributed by atoms with Gasteiger partial charge in [0.15, 0.2) is 5.79 Å². The normalized spacial score (nSPS) is 33.4. The van der Waals surface area contributed by atoms with E-state index in [4.69, 9.17) is 9.47 Å². The number of fused-ring (bicyclic) bond motifs is 3. The minimum atomic E-state index is -0.506. The summed E-state index contributed by atoms with van der Waals surface area (Å²) < 4.78 is 27.6. The average Bonchev–Trinajstić information content (AvgIpc) is 3.24. The summed E-state index contributed by atoms with van der Waals surface area (Å²) >= 11 is 0. The van der Waals surface area contributed by atoms with Crippen LogP contribution in [0.25, 0.3) is 11.8 Å². The molecule has 0 N–H and O–H groups in total. The molecule has 2 fully saturated rings. The molecule has 0 amide bonds. The van der Waals surface area contributed by atoms with Crippen LogP contribution in [0.15, 0.2) is 36.0 Å². The molecule has 3 atom stereocenters. The van der Waals surface area contributed by atoms with Crippen LogP contribution in [0.3, 0.4) is 0 Å². The maximum Gasteiger partial charge on any atom is 0.178 e. The first-order valence-electron chi connectivity index (χ1n) is 8.86. The van der Waals surface area contributed by atoms with Crippen LogP contribution in [-0.2, 0) is 15.9 Å². The standard InChI is InChI=1S/C20H21FN2O2/c1-13-12-24-20(25-13)8-7-15-9-18-14(10-19(15,20)2)11-22-23(18)17-5-3-16(21)4-6-17/h3-6,9,11,13H,7-8,10,12H2,1-2H3/t13-,19+,20+/m1/s1. The number of hydrogen-bond acceptors (Lipinski definition) is 3. The fourth-order valence-corrected chi connectivity index (χ4v) is 4.66. The number of ether oxygens (including phenoxy) is 2. The number of halogens is 1. The van der Waals surface area contributed by atoms with Gasteiger partial charge in [-0.15, -0.1) is 0 Å². The summed E-state index contributed by atoms with van der Waals surface area (Å²) in [4.78, 5) is 0. The smallest absolute Gasteiger partial charge is 0.178 e. The summed E-state index contributed by atoms with van der Waals surface area (Å²) in [7, 11) is 0. The van der Waals surface area contributed by atoms with Crippen LogP contribution >= 0.6 is 0 Å². The second kappa shape index (κ2) is 5.02. The topological polar surface area (TPSA) is 36.3 Å². The van der Waals surface area contributed by atoms with E-state index >= 15 is 0 Å². The Balaban J connectivity index is 1.58. The monoisotopic (exact) mass is 340 g/mol. The predicted molar refractivity (Wildman–Crippen MR) is 91.8 cm³/mol. The number of aromatic nitrogens is 2. The Hall–Kier alpha value is -1.98. The number of rotatable bonds is 1. The van der Waals surface area contributed by atoms with E-state index in [0.29, 0.717) is 6.61 Å². The molecule has 0 bridgehead atoms. The quantitative estimate of drug-likeness (QED) is 0.790. The molecule has 4 nitrogen and oxygen atoms in total. The van der Waals surface area contributed by atoms with E-state index in [9.17, 15) is 4.39 Å². The minimum Gasteiger partial charge on any atom is -0.346 e. The molecule has 5 heteroatoms. The highest BCUT2D eigenvalue weighted by Gasteiger charge is 2.61. The molecule has 2 heterocycles. The van der Waals surface area contributed by atoms with E-state index in [1.165, 1.54) is 23.3 Å². The van der Waals surface area contributed by atoms with Gasteiger partial charge in [-0.05, 0) is 55.7 Å². The van der Waals surface area contributed by atoms with Gasteiger partial charge in [-0.2, -0.15) is 5.10 Å². The minimum absolute atomic E-state index is 0.138. The van der Waals surface area contributed by atoms with Crippen LogP contribution in [0, 0.1) is 11.2 Å². The molecule has 2 aromatic rings. The Labute approximate surface area is 146 Å². The molecular weight excluding hydrogens is 319 g/mol. The molecule has 1 spiro atoms. The van der Waals surface area contributed by atoms with Crippen molar-refractivity contribution in [3.63, 3.8) is 0 Å². The largest absolute Gasteiger partial charge is 0.346 e. The highest BCUT2D eigenvalue weighted by Crippen LogP contribution is 2.59. The number of benzene rings is 1. The van der Waals surface area contributed by atoms with Crippen molar-refractivity contribution in [2.24, 2.45) is 5.41 Å². The number of hydrogen-bond donors (Lipinski definition) is 0. The molecular formula is C20H21FN2O2. The van der Waals surface area contributed by atoms with Crippen LogP contribution in [0.4, 0.5) is 4.39 Å².